The highest BCUT2D eigenvalue weighted by molar-refractivity contribution is 7.25. The average Bonchev–Trinajstić information content (AvgIpc) is 2.83. The van der Waals surface area contributed by atoms with Gasteiger partial charge in [-0.2, -0.15) is 0 Å². The van der Waals surface area contributed by atoms with Gasteiger partial charge in [-0.05, 0) is 50.8 Å². The highest BCUT2D eigenvalue weighted by Crippen LogP contribution is 2.35. The smallest absolute Gasteiger partial charge is 0.311 e. The maximum absolute atomic E-state index is 12.0. The standard InChI is InChI=1S/C18H18ClNO2S.ClH/c1-11(20(2)3)22-18(21)9-12-4-6-14-15-10-13(19)5-7-16(15)23-17(14)8-12;/h4-8,10-11H,9H2,1-3H3;1H. The van der Waals surface area contributed by atoms with Gasteiger partial charge in [-0.25, -0.2) is 0 Å². The fraction of sp³-hybridized carbons (Fsp3) is 0.278. The third-order valence-electron chi connectivity index (χ3n) is 3.88. The number of rotatable bonds is 4. The van der Waals surface area contributed by atoms with Gasteiger partial charge in [0.2, 0.25) is 0 Å². The first kappa shape index (κ1) is 19.0. The molecule has 0 aliphatic rings. The normalized spacial score (nSPS) is 12.4. The van der Waals surface area contributed by atoms with Gasteiger partial charge in [0.1, 0.15) is 0 Å². The van der Waals surface area contributed by atoms with Crippen LogP contribution in [0.25, 0.3) is 20.2 Å². The maximum atomic E-state index is 12.0. The Labute approximate surface area is 156 Å². The molecule has 0 bridgehead atoms. The maximum Gasteiger partial charge on any atom is 0.311 e. The van der Waals surface area contributed by atoms with Crippen molar-refractivity contribution in [3.63, 3.8) is 0 Å². The van der Waals surface area contributed by atoms with Crippen LogP contribution in [0.4, 0.5) is 0 Å². The van der Waals surface area contributed by atoms with Crippen molar-refractivity contribution in [2.24, 2.45) is 0 Å². The van der Waals surface area contributed by atoms with E-state index in [1.54, 1.807) is 11.3 Å². The molecule has 6 heteroatoms. The summed E-state index contributed by atoms with van der Waals surface area (Å²) in [6.45, 7) is 1.86. The molecule has 1 aromatic heterocycles. The molecule has 3 aromatic rings. The molecular formula is C18H19Cl2NO2S. The van der Waals surface area contributed by atoms with E-state index in [4.69, 9.17) is 16.3 Å². The van der Waals surface area contributed by atoms with Gasteiger partial charge >= 0.3 is 5.97 Å². The van der Waals surface area contributed by atoms with Crippen LogP contribution in [0.3, 0.4) is 0 Å². The van der Waals surface area contributed by atoms with Crippen LogP contribution in [0.5, 0.6) is 0 Å². The number of benzene rings is 2. The van der Waals surface area contributed by atoms with E-state index in [-0.39, 0.29) is 31.0 Å². The molecule has 24 heavy (non-hydrogen) atoms. The summed E-state index contributed by atoms with van der Waals surface area (Å²) >= 11 is 7.80. The summed E-state index contributed by atoms with van der Waals surface area (Å²) in [4.78, 5) is 13.9. The van der Waals surface area contributed by atoms with Gasteiger partial charge in [0.05, 0.1) is 6.42 Å². The van der Waals surface area contributed by atoms with Crippen molar-refractivity contribution >= 4 is 61.5 Å². The van der Waals surface area contributed by atoms with Gasteiger partial charge < -0.3 is 4.74 Å². The molecule has 3 rings (SSSR count). The topological polar surface area (TPSA) is 29.5 Å². The molecule has 1 heterocycles. The Morgan fingerprint density at radius 2 is 1.92 bits per heavy atom. The van der Waals surface area contributed by atoms with E-state index < -0.39 is 0 Å². The molecule has 128 valence electrons. The molecule has 0 saturated heterocycles. The Hall–Kier alpha value is -1.33. The number of carbonyl (C=O) groups is 1. The number of esters is 1. The Morgan fingerprint density at radius 1 is 1.17 bits per heavy atom. The number of ether oxygens (including phenoxy) is 1. The molecule has 0 aliphatic carbocycles. The Kier molecular flexibility index (Phi) is 6.10. The van der Waals surface area contributed by atoms with Crippen LogP contribution in [0.2, 0.25) is 5.02 Å². The third kappa shape index (κ3) is 4.01. The van der Waals surface area contributed by atoms with Crippen molar-refractivity contribution in [3.8, 4) is 0 Å². The predicted octanol–water partition coefficient (Wildman–Crippen LogP) is 5.12. The molecular weight excluding hydrogens is 365 g/mol. The summed E-state index contributed by atoms with van der Waals surface area (Å²) in [6, 6.07) is 12.0. The molecule has 1 unspecified atom stereocenters. The van der Waals surface area contributed by atoms with E-state index in [2.05, 4.69) is 12.1 Å². The number of hydrogen-bond donors (Lipinski definition) is 0. The Morgan fingerprint density at radius 3 is 2.62 bits per heavy atom. The van der Waals surface area contributed by atoms with E-state index in [9.17, 15) is 4.79 Å². The summed E-state index contributed by atoms with van der Waals surface area (Å²) < 4.78 is 7.74. The van der Waals surface area contributed by atoms with Gasteiger partial charge in [-0.3, -0.25) is 9.69 Å². The van der Waals surface area contributed by atoms with E-state index >= 15 is 0 Å². The van der Waals surface area contributed by atoms with Crippen LogP contribution in [-0.4, -0.2) is 31.2 Å². The monoisotopic (exact) mass is 383 g/mol. The fourth-order valence-electron chi connectivity index (χ4n) is 2.41. The summed E-state index contributed by atoms with van der Waals surface area (Å²) in [5, 5.41) is 3.07. The summed E-state index contributed by atoms with van der Waals surface area (Å²) in [6.07, 6.45) is 0.0565. The van der Waals surface area contributed by atoms with Gasteiger partial charge in [0.15, 0.2) is 6.23 Å². The second-order valence-corrected chi connectivity index (χ2v) is 7.32. The predicted molar refractivity (Wildman–Crippen MR) is 105 cm³/mol. The van der Waals surface area contributed by atoms with Crippen molar-refractivity contribution in [2.75, 3.05) is 14.1 Å². The minimum Gasteiger partial charge on any atom is -0.446 e. The molecule has 0 saturated carbocycles. The number of hydrogen-bond acceptors (Lipinski definition) is 4. The Balaban J connectivity index is 0.00000208. The number of carbonyl (C=O) groups excluding carboxylic acids is 1. The number of nitrogens with zero attached hydrogens (tertiary/aromatic N) is 1. The van der Waals surface area contributed by atoms with Crippen LogP contribution in [0.1, 0.15) is 12.5 Å². The zero-order valence-corrected chi connectivity index (χ0v) is 16.1. The molecule has 0 aliphatic heterocycles. The largest absolute Gasteiger partial charge is 0.446 e. The lowest BCUT2D eigenvalue weighted by Crippen LogP contribution is -2.30. The molecule has 3 nitrogen and oxygen atoms in total. The number of thiophene rings is 1. The average molecular weight is 384 g/mol. The third-order valence-corrected chi connectivity index (χ3v) is 5.24. The van der Waals surface area contributed by atoms with Crippen molar-refractivity contribution < 1.29 is 9.53 Å². The van der Waals surface area contributed by atoms with E-state index in [1.165, 1.54) is 10.1 Å². The van der Waals surface area contributed by atoms with Crippen LogP contribution < -0.4 is 0 Å². The van der Waals surface area contributed by atoms with Crippen LogP contribution in [-0.2, 0) is 16.0 Å². The second kappa shape index (κ2) is 7.70. The van der Waals surface area contributed by atoms with Gasteiger partial charge in [0, 0.05) is 25.2 Å². The molecule has 2 aromatic carbocycles. The zero-order valence-electron chi connectivity index (χ0n) is 13.7. The lowest BCUT2D eigenvalue weighted by atomic mass is 10.1. The summed E-state index contributed by atoms with van der Waals surface area (Å²) in [5.41, 5.74) is 0.964. The van der Waals surface area contributed by atoms with Crippen LogP contribution in [0.15, 0.2) is 36.4 Å². The lowest BCUT2D eigenvalue weighted by Gasteiger charge is -2.19. The summed E-state index contributed by atoms with van der Waals surface area (Å²) in [7, 11) is 3.76. The highest BCUT2D eigenvalue weighted by atomic mass is 35.5. The van der Waals surface area contributed by atoms with E-state index in [0.717, 1.165) is 20.7 Å². The van der Waals surface area contributed by atoms with Gasteiger partial charge in [-0.1, -0.05) is 23.7 Å². The molecule has 0 radical (unpaired) electrons. The van der Waals surface area contributed by atoms with Crippen LogP contribution >= 0.6 is 35.3 Å². The quantitative estimate of drug-likeness (QED) is 0.462. The van der Waals surface area contributed by atoms with Crippen molar-refractivity contribution in [3.05, 3.63) is 47.0 Å². The summed E-state index contributed by atoms with van der Waals surface area (Å²) in [5.74, 6) is -0.213. The molecule has 0 spiro atoms. The molecule has 0 amide bonds. The Bertz CT molecular complexity index is 876. The molecule has 0 fully saturated rings. The van der Waals surface area contributed by atoms with Crippen molar-refractivity contribution in [1.82, 2.24) is 4.90 Å². The number of halogens is 2. The van der Waals surface area contributed by atoms with Gasteiger partial charge in [-0.15, -0.1) is 23.7 Å². The van der Waals surface area contributed by atoms with Crippen molar-refractivity contribution in [2.45, 2.75) is 19.6 Å². The van der Waals surface area contributed by atoms with Crippen molar-refractivity contribution in [1.29, 1.82) is 0 Å². The highest BCUT2D eigenvalue weighted by Gasteiger charge is 2.13. The first-order chi connectivity index (χ1) is 10.9. The SMILES string of the molecule is CC(OC(=O)Cc1ccc2c(c1)sc1ccc(Cl)cc12)N(C)C.Cl. The van der Waals surface area contributed by atoms with E-state index in [0.29, 0.717) is 0 Å². The fourth-order valence-corrected chi connectivity index (χ4v) is 3.73. The second-order valence-electron chi connectivity index (χ2n) is 5.80. The molecule has 0 N–H and O–H groups in total. The lowest BCUT2D eigenvalue weighted by molar-refractivity contribution is -0.154. The van der Waals surface area contributed by atoms with Crippen LogP contribution in [0, 0.1) is 0 Å². The minimum atomic E-state index is -0.224. The minimum absolute atomic E-state index is 0. The van der Waals surface area contributed by atoms with E-state index in [1.807, 2.05) is 50.2 Å². The first-order valence-corrected chi connectivity index (χ1v) is 8.60. The molecule has 1 atom stereocenters. The first-order valence-electron chi connectivity index (χ1n) is 7.40. The zero-order chi connectivity index (χ0) is 16.6. The van der Waals surface area contributed by atoms with Gasteiger partial charge in [0.25, 0.3) is 0 Å². The number of fused-ring (bicyclic) bond motifs is 3.